The highest BCUT2D eigenvalue weighted by Crippen LogP contribution is 2.27. The molecule has 1 aliphatic rings. The molecule has 0 saturated heterocycles. The highest BCUT2D eigenvalue weighted by Gasteiger charge is 2.27. The summed E-state index contributed by atoms with van der Waals surface area (Å²) < 4.78 is 5.83. The quantitative estimate of drug-likeness (QED) is 0.817. The predicted octanol–water partition coefficient (Wildman–Crippen LogP) is 1.75. The number of aryl methyl sites for hydroxylation is 1. The van der Waals surface area contributed by atoms with Gasteiger partial charge in [0.1, 0.15) is 11.9 Å². The highest BCUT2D eigenvalue weighted by atomic mass is 16.5. The summed E-state index contributed by atoms with van der Waals surface area (Å²) in [6.07, 6.45) is 2.42. The Kier molecular flexibility index (Phi) is 3.46. The zero-order valence-electron chi connectivity index (χ0n) is 9.65. The lowest BCUT2D eigenvalue weighted by atomic mass is 10.1. The zero-order chi connectivity index (χ0) is 11.5. The largest absolute Gasteiger partial charge is 0.487 e. The maximum atomic E-state index is 9.71. The van der Waals surface area contributed by atoms with Gasteiger partial charge >= 0.3 is 0 Å². The molecule has 0 aliphatic heterocycles. The van der Waals surface area contributed by atoms with Gasteiger partial charge in [-0.3, -0.25) is 0 Å². The molecule has 88 valence electrons. The summed E-state index contributed by atoms with van der Waals surface area (Å²) in [5, 5.41) is 9.71. The van der Waals surface area contributed by atoms with Crippen molar-refractivity contribution in [2.24, 2.45) is 5.73 Å². The van der Waals surface area contributed by atoms with Crippen molar-refractivity contribution in [3.63, 3.8) is 0 Å². The number of rotatable bonds is 3. The number of nitrogens with two attached hydrogens (primary N) is 1. The molecule has 1 aromatic rings. The molecule has 3 N–H and O–H groups in total. The molecule has 2 rings (SSSR count). The van der Waals surface area contributed by atoms with Crippen LogP contribution in [-0.4, -0.2) is 17.3 Å². The lowest BCUT2D eigenvalue weighted by Crippen LogP contribution is -2.26. The van der Waals surface area contributed by atoms with Gasteiger partial charge < -0.3 is 15.6 Å². The Morgan fingerprint density at radius 2 is 2.25 bits per heavy atom. The van der Waals surface area contributed by atoms with E-state index < -0.39 is 0 Å². The van der Waals surface area contributed by atoms with Crippen LogP contribution in [0, 0.1) is 6.92 Å². The number of ether oxygens (including phenoxy) is 1. The summed E-state index contributed by atoms with van der Waals surface area (Å²) in [6.45, 7) is 2.51. The molecule has 0 amide bonds. The van der Waals surface area contributed by atoms with Crippen molar-refractivity contribution in [1.82, 2.24) is 0 Å². The van der Waals surface area contributed by atoms with Crippen LogP contribution in [-0.2, 0) is 6.54 Å². The Balaban J connectivity index is 2.14. The molecule has 1 aliphatic carbocycles. The van der Waals surface area contributed by atoms with Crippen LogP contribution < -0.4 is 10.5 Å². The molecule has 1 aromatic carbocycles. The molecule has 3 nitrogen and oxygen atoms in total. The van der Waals surface area contributed by atoms with Gasteiger partial charge in [-0.2, -0.15) is 0 Å². The first-order valence-electron chi connectivity index (χ1n) is 5.85. The minimum atomic E-state index is -0.327. The van der Waals surface area contributed by atoms with Gasteiger partial charge in [0.2, 0.25) is 0 Å². The van der Waals surface area contributed by atoms with Gasteiger partial charge in [-0.15, -0.1) is 0 Å². The van der Waals surface area contributed by atoms with Crippen LogP contribution in [0.5, 0.6) is 5.75 Å². The van der Waals surface area contributed by atoms with Crippen molar-refractivity contribution in [3.8, 4) is 5.75 Å². The van der Waals surface area contributed by atoms with E-state index in [1.54, 1.807) is 0 Å². The summed E-state index contributed by atoms with van der Waals surface area (Å²) >= 11 is 0. The fraction of sp³-hybridized carbons (Fsp3) is 0.538. The van der Waals surface area contributed by atoms with Gasteiger partial charge in [-0.25, -0.2) is 0 Å². The molecule has 0 bridgehead atoms. The van der Waals surface area contributed by atoms with Crippen molar-refractivity contribution < 1.29 is 9.84 Å². The third-order valence-corrected chi connectivity index (χ3v) is 3.13. The van der Waals surface area contributed by atoms with Crippen LogP contribution in [0.15, 0.2) is 18.2 Å². The van der Waals surface area contributed by atoms with E-state index in [-0.39, 0.29) is 12.2 Å². The smallest absolute Gasteiger partial charge is 0.124 e. The number of benzene rings is 1. The Labute approximate surface area is 96.2 Å². The Bertz CT molecular complexity index is 365. The highest BCUT2D eigenvalue weighted by molar-refractivity contribution is 5.37. The Morgan fingerprint density at radius 3 is 2.88 bits per heavy atom. The minimum absolute atomic E-state index is 0.0620. The van der Waals surface area contributed by atoms with Gasteiger partial charge in [0, 0.05) is 12.1 Å². The standard InChI is InChI=1S/C13H19NO2/c1-9-5-6-12(10(7-9)8-14)16-13-4-2-3-11(13)15/h5-7,11,13,15H,2-4,8,14H2,1H3. The number of hydrogen-bond donors (Lipinski definition) is 2. The van der Waals surface area contributed by atoms with Crippen LogP contribution in [0.3, 0.4) is 0 Å². The molecule has 2 atom stereocenters. The minimum Gasteiger partial charge on any atom is -0.487 e. The SMILES string of the molecule is Cc1ccc(OC2CCCC2O)c(CN)c1. The van der Waals surface area contributed by atoms with Gasteiger partial charge in [-0.1, -0.05) is 17.7 Å². The van der Waals surface area contributed by atoms with E-state index >= 15 is 0 Å². The Hall–Kier alpha value is -1.06. The lowest BCUT2D eigenvalue weighted by Gasteiger charge is -2.19. The zero-order valence-corrected chi connectivity index (χ0v) is 9.65. The van der Waals surface area contributed by atoms with Crippen LogP contribution in [0.4, 0.5) is 0 Å². The second-order valence-corrected chi connectivity index (χ2v) is 4.47. The summed E-state index contributed by atoms with van der Waals surface area (Å²) in [6, 6.07) is 6.00. The first-order chi connectivity index (χ1) is 7.70. The molecule has 0 aromatic heterocycles. The number of hydrogen-bond acceptors (Lipinski definition) is 3. The fourth-order valence-corrected chi connectivity index (χ4v) is 2.19. The van der Waals surface area contributed by atoms with Gasteiger partial charge in [0.05, 0.1) is 6.10 Å². The summed E-state index contributed by atoms with van der Waals surface area (Å²) in [7, 11) is 0. The first kappa shape index (κ1) is 11.4. The lowest BCUT2D eigenvalue weighted by molar-refractivity contribution is 0.0598. The monoisotopic (exact) mass is 221 g/mol. The van der Waals surface area contributed by atoms with Gasteiger partial charge in [0.25, 0.3) is 0 Å². The molecule has 3 heteroatoms. The third-order valence-electron chi connectivity index (χ3n) is 3.13. The van der Waals surface area contributed by atoms with Crippen molar-refractivity contribution in [3.05, 3.63) is 29.3 Å². The van der Waals surface area contributed by atoms with E-state index in [0.29, 0.717) is 6.54 Å². The average Bonchev–Trinajstić information content (AvgIpc) is 2.67. The van der Waals surface area contributed by atoms with Gasteiger partial charge in [0.15, 0.2) is 0 Å². The first-order valence-corrected chi connectivity index (χ1v) is 5.85. The maximum absolute atomic E-state index is 9.71. The predicted molar refractivity (Wildman–Crippen MR) is 63.3 cm³/mol. The molecule has 16 heavy (non-hydrogen) atoms. The number of aliphatic hydroxyl groups excluding tert-OH is 1. The van der Waals surface area contributed by atoms with Crippen LogP contribution in [0.25, 0.3) is 0 Å². The van der Waals surface area contributed by atoms with E-state index in [1.165, 1.54) is 5.56 Å². The second kappa shape index (κ2) is 4.85. The summed E-state index contributed by atoms with van der Waals surface area (Å²) in [5.74, 6) is 0.819. The van der Waals surface area contributed by atoms with E-state index in [0.717, 1.165) is 30.6 Å². The van der Waals surface area contributed by atoms with Crippen molar-refractivity contribution in [1.29, 1.82) is 0 Å². The maximum Gasteiger partial charge on any atom is 0.124 e. The van der Waals surface area contributed by atoms with E-state index in [1.807, 2.05) is 25.1 Å². The molecular weight excluding hydrogens is 202 g/mol. The molecular formula is C13H19NO2. The van der Waals surface area contributed by atoms with Crippen LogP contribution in [0.1, 0.15) is 30.4 Å². The van der Waals surface area contributed by atoms with E-state index in [2.05, 4.69) is 0 Å². The normalized spacial score (nSPS) is 24.7. The summed E-state index contributed by atoms with van der Waals surface area (Å²) in [4.78, 5) is 0. The van der Waals surface area contributed by atoms with Crippen molar-refractivity contribution in [2.45, 2.75) is 44.9 Å². The van der Waals surface area contributed by atoms with Crippen molar-refractivity contribution in [2.75, 3.05) is 0 Å². The molecule has 2 unspecified atom stereocenters. The number of aliphatic hydroxyl groups is 1. The third kappa shape index (κ3) is 2.36. The van der Waals surface area contributed by atoms with Crippen LogP contribution in [0.2, 0.25) is 0 Å². The fourth-order valence-electron chi connectivity index (χ4n) is 2.19. The molecule has 0 radical (unpaired) electrons. The van der Waals surface area contributed by atoms with Crippen molar-refractivity contribution >= 4 is 0 Å². The van der Waals surface area contributed by atoms with Gasteiger partial charge in [-0.05, 0) is 32.3 Å². The van der Waals surface area contributed by atoms with Crippen LogP contribution >= 0.6 is 0 Å². The summed E-state index contributed by atoms with van der Waals surface area (Å²) in [5.41, 5.74) is 7.88. The average molecular weight is 221 g/mol. The molecule has 1 fully saturated rings. The van der Waals surface area contributed by atoms with E-state index in [9.17, 15) is 5.11 Å². The molecule has 0 spiro atoms. The molecule has 1 saturated carbocycles. The second-order valence-electron chi connectivity index (χ2n) is 4.47. The van der Waals surface area contributed by atoms with E-state index in [4.69, 9.17) is 10.5 Å². The topological polar surface area (TPSA) is 55.5 Å². The Morgan fingerprint density at radius 1 is 1.44 bits per heavy atom. The molecule has 0 heterocycles.